The van der Waals surface area contributed by atoms with Crippen LogP contribution in [0.4, 0.5) is 0 Å². The van der Waals surface area contributed by atoms with Crippen LogP contribution in [-0.2, 0) is 0 Å². The molecule has 1 N–H and O–H groups in total. The van der Waals surface area contributed by atoms with Crippen molar-refractivity contribution >= 4 is 0 Å². The van der Waals surface area contributed by atoms with Gasteiger partial charge in [-0.3, -0.25) is 0 Å². The predicted octanol–water partition coefficient (Wildman–Crippen LogP) is 2.72. The number of piperidine rings is 1. The van der Waals surface area contributed by atoms with Gasteiger partial charge in [-0.2, -0.15) is 0 Å². The molecule has 1 fully saturated rings. The monoisotopic (exact) mass is 246 g/mol. The topological polar surface area (TPSA) is 15.3 Å². The van der Waals surface area contributed by atoms with Gasteiger partial charge in [-0.25, -0.2) is 0 Å². The molecule has 2 nitrogen and oxygen atoms in total. The molecule has 0 bridgehead atoms. The van der Waals surface area contributed by atoms with E-state index in [0.717, 1.165) is 5.92 Å². The van der Waals surface area contributed by atoms with E-state index in [2.05, 4.69) is 61.4 Å². The van der Waals surface area contributed by atoms with Gasteiger partial charge in [-0.05, 0) is 37.4 Å². The Bertz CT molecular complexity index is 349. The zero-order valence-electron chi connectivity index (χ0n) is 11.9. The molecule has 0 aromatic heterocycles. The number of benzene rings is 1. The molecule has 0 aliphatic carbocycles. The zero-order valence-corrected chi connectivity index (χ0v) is 11.9. The second-order valence-electron chi connectivity index (χ2n) is 5.73. The van der Waals surface area contributed by atoms with Crippen molar-refractivity contribution in [1.82, 2.24) is 10.2 Å². The van der Waals surface area contributed by atoms with Crippen LogP contribution < -0.4 is 5.32 Å². The lowest BCUT2D eigenvalue weighted by Crippen LogP contribution is -2.48. The minimum absolute atomic E-state index is 0.629. The fraction of sp³-hybridized carbons (Fsp3) is 0.625. The molecule has 3 atom stereocenters. The van der Waals surface area contributed by atoms with Crippen LogP contribution in [-0.4, -0.2) is 37.6 Å². The zero-order chi connectivity index (χ0) is 13.0. The summed E-state index contributed by atoms with van der Waals surface area (Å²) in [5, 5.41) is 3.43. The number of nitrogens with one attached hydrogen (secondary N) is 1. The fourth-order valence-electron chi connectivity index (χ4n) is 3.10. The first-order chi connectivity index (χ1) is 8.70. The summed E-state index contributed by atoms with van der Waals surface area (Å²) in [6.07, 6.45) is 1.28. The molecule has 1 aromatic carbocycles. The summed E-state index contributed by atoms with van der Waals surface area (Å²) in [7, 11) is 2.09. The highest BCUT2D eigenvalue weighted by Gasteiger charge is 2.25. The van der Waals surface area contributed by atoms with Gasteiger partial charge in [-0.15, -0.1) is 0 Å². The first kappa shape index (κ1) is 13.6. The summed E-state index contributed by atoms with van der Waals surface area (Å²) < 4.78 is 0. The van der Waals surface area contributed by atoms with Gasteiger partial charge in [-0.1, -0.05) is 44.2 Å². The molecule has 1 heterocycles. The van der Waals surface area contributed by atoms with Gasteiger partial charge >= 0.3 is 0 Å². The average Bonchev–Trinajstić information content (AvgIpc) is 2.40. The van der Waals surface area contributed by atoms with Crippen LogP contribution in [0.1, 0.15) is 31.7 Å². The second kappa shape index (κ2) is 6.35. The third kappa shape index (κ3) is 3.33. The Morgan fingerprint density at radius 2 is 2.06 bits per heavy atom. The van der Waals surface area contributed by atoms with Gasteiger partial charge in [0.2, 0.25) is 0 Å². The van der Waals surface area contributed by atoms with Crippen molar-refractivity contribution in [3.8, 4) is 0 Å². The Balaban J connectivity index is 1.87. The van der Waals surface area contributed by atoms with Gasteiger partial charge < -0.3 is 10.2 Å². The van der Waals surface area contributed by atoms with Crippen LogP contribution in [0, 0.1) is 5.92 Å². The number of likely N-dealkylation sites (tertiary alicyclic amines) is 1. The van der Waals surface area contributed by atoms with E-state index in [-0.39, 0.29) is 0 Å². The maximum absolute atomic E-state index is 3.43. The summed E-state index contributed by atoms with van der Waals surface area (Å²) in [6, 6.07) is 11.6. The van der Waals surface area contributed by atoms with Crippen molar-refractivity contribution in [2.75, 3.05) is 26.7 Å². The Labute approximate surface area is 111 Å². The van der Waals surface area contributed by atoms with Crippen LogP contribution in [0.2, 0.25) is 0 Å². The molecule has 1 aliphatic rings. The van der Waals surface area contributed by atoms with Crippen LogP contribution in [0.25, 0.3) is 0 Å². The first-order valence-electron chi connectivity index (χ1n) is 7.15. The molecule has 0 spiro atoms. The SMILES string of the molecule is CNC1CCN(CC(C)c2ccccc2)CC1C. The van der Waals surface area contributed by atoms with E-state index in [1.165, 1.54) is 31.6 Å². The van der Waals surface area contributed by atoms with Gasteiger partial charge in [0.25, 0.3) is 0 Å². The van der Waals surface area contributed by atoms with E-state index in [0.29, 0.717) is 12.0 Å². The van der Waals surface area contributed by atoms with E-state index in [4.69, 9.17) is 0 Å². The number of hydrogen-bond donors (Lipinski definition) is 1. The molecule has 1 aromatic rings. The van der Waals surface area contributed by atoms with Crippen molar-refractivity contribution in [1.29, 1.82) is 0 Å². The predicted molar refractivity (Wildman–Crippen MR) is 77.9 cm³/mol. The van der Waals surface area contributed by atoms with E-state index >= 15 is 0 Å². The minimum atomic E-state index is 0.629. The Hall–Kier alpha value is -0.860. The van der Waals surface area contributed by atoms with Gasteiger partial charge in [0.1, 0.15) is 0 Å². The minimum Gasteiger partial charge on any atom is -0.317 e. The molecule has 0 amide bonds. The second-order valence-corrected chi connectivity index (χ2v) is 5.73. The van der Waals surface area contributed by atoms with Crippen LogP contribution in [0.5, 0.6) is 0 Å². The summed E-state index contributed by atoms with van der Waals surface area (Å²) in [5.41, 5.74) is 1.46. The van der Waals surface area contributed by atoms with Crippen molar-refractivity contribution < 1.29 is 0 Å². The van der Waals surface area contributed by atoms with Crippen LogP contribution >= 0.6 is 0 Å². The quantitative estimate of drug-likeness (QED) is 0.879. The van der Waals surface area contributed by atoms with E-state index < -0.39 is 0 Å². The maximum atomic E-state index is 3.43. The summed E-state index contributed by atoms with van der Waals surface area (Å²) >= 11 is 0. The van der Waals surface area contributed by atoms with Gasteiger partial charge in [0.05, 0.1) is 0 Å². The molecule has 0 saturated carbocycles. The highest BCUT2D eigenvalue weighted by molar-refractivity contribution is 5.19. The van der Waals surface area contributed by atoms with Gasteiger partial charge in [0.15, 0.2) is 0 Å². The third-order valence-corrected chi connectivity index (χ3v) is 4.26. The van der Waals surface area contributed by atoms with Crippen LogP contribution in [0.3, 0.4) is 0 Å². The Kier molecular flexibility index (Phi) is 4.79. The molecule has 0 radical (unpaired) electrons. The van der Waals surface area contributed by atoms with Crippen molar-refractivity contribution in [2.24, 2.45) is 5.92 Å². The molecular weight excluding hydrogens is 220 g/mol. The molecule has 18 heavy (non-hydrogen) atoms. The molecular formula is C16H26N2. The summed E-state index contributed by atoms with van der Waals surface area (Å²) in [6.45, 7) is 8.34. The van der Waals surface area contributed by atoms with Crippen LogP contribution in [0.15, 0.2) is 30.3 Å². The molecule has 2 rings (SSSR count). The largest absolute Gasteiger partial charge is 0.317 e. The smallest absolute Gasteiger partial charge is 0.0114 e. The highest BCUT2D eigenvalue weighted by atomic mass is 15.1. The number of rotatable bonds is 4. The molecule has 100 valence electrons. The van der Waals surface area contributed by atoms with Gasteiger partial charge in [0, 0.05) is 19.1 Å². The lowest BCUT2D eigenvalue weighted by atomic mass is 9.92. The molecule has 2 heteroatoms. The molecule has 1 aliphatic heterocycles. The molecule has 3 unspecified atom stereocenters. The van der Waals surface area contributed by atoms with Crippen molar-refractivity contribution in [2.45, 2.75) is 32.2 Å². The Morgan fingerprint density at radius 1 is 1.33 bits per heavy atom. The summed E-state index contributed by atoms with van der Waals surface area (Å²) in [5.74, 6) is 1.39. The highest BCUT2D eigenvalue weighted by Crippen LogP contribution is 2.21. The normalized spacial score (nSPS) is 27.1. The fourth-order valence-corrected chi connectivity index (χ4v) is 3.10. The maximum Gasteiger partial charge on any atom is 0.0114 e. The lowest BCUT2D eigenvalue weighted by molar-refractivity contribution is 0.146. The summed E-state index contributed by atoms with van der Waals surface area (Å²) in [4.78, 5) is 2.62. The standard InChI is InChI=1S/C16H26N2/c1-13(15-7-5-4-6-8-15)11-18-10-9-16(17-3)14(2)12-18/h4-8,13-14,16-17H,9-12H2,1-3H3. The Morgan fingerprint density at radius 3 is 2.67 bits per heavy atom. The van der Waals surface area contributed by atoms with E-state index in [1.807, 2.05) is 0 Å². The van der Waals surface area contributed by atoms with E-state index in [1.54, 1.807) is 0 Å². The van der Waals surface area contributed by atoms with Crippen molar-refractivity contribution in [3.05, 3.63) is 35.9 Å². The first-order valence-corrected chi connectivity index (χ1v) is 7.15. The third-order valence-electron chi connectivity index (χ3n) is 4.26. The number of hydrogen-bond acceptors (Lipinski definition) is 2. The van der Waals surface area contributed by atoms with E-state index in [9.17, 15) is 0 Å². The van der Waals surface area contributed by atoms with Crippen molar-refractivity contribution in [3.63, 3.8) is 0 Å². The lowest BCUT2D eigenvalue weighted by Gasteiger charge is -2.38. The molecule has 1 saturated heterocycles. The number of nitrogens with zero attached hydrogens (tertiary/aromatic N) is 1. The average molecular weight is 246 g/mol.